The van der Waals surface area contributed by atoms with E-state index in [9.17, 15) is 4.79 Å². The Bertz CT molecular complexity index is 234. The Morgan fingerprint density at radius 3 is 2.80 bits per heavy atom. The van der Waals surface area contributed by atoms with Crippen molar-refractivity contribution in [1.29, 1.82) is 0 Å². The van der Waals surface area contributed by atoms with E-state index in [-0.39, 0.29) is 5.91 Å². The van der Waals surface area contributed by atoms with Crippen LogP contribution in [0, 0.1) is 0 Å². The zero-order chi connectivity index (χ0) is 11.5. The van der Waals surface area contributed by atoms with Gasteiger partial charge in [-0.3, -0.25) is 9.79 Å². The van der Waals surface area contributed by atoms with E-state index < -0.39 is 0 Å². The molecule has 1 amide bonds. The molecule has 0 fully saturated rings. The second kappa shape index (κ2) is 9.40. The number of carbonyl (C=O) groups is 1. The third kappa shape index (κ3) is 9.15. The SMILES string of the molecule is CC=N/C=C(\C)CCNC(=O)CCCN. The lowest BCUT2D eigenvalue weighted by Crippen LogP contribution is -2.24. The van der Waals surface area contributed by atoms with Crippen molar-refractivity contribution in [2.24, 2.45) is 10.7 Å². The molecule has 0 saturated heterocycles. The molecule has 0 aromatic heterocycles. The molecule has 0 atom stereocenters. The number of nitrogens with zero attached hydrogens (tertiary/aromatic N) is 1. The van der Waals surface area contributed by atoms with Crippen LogP contribution in [-0.4, -0.2) is 25.2 Å². The van der Waals surface area contributed by atoms with Crippen LogP contribution in [0.15, 0.2) is 16.8 Å². The maximum Gasteiger partial charge on any atom is 0.220 e. The number of aliphatic imine (C=N–C) groups is 1. The highest BCUT2D eigenvalue weighted by molar-refractivity contribution is 5.75. The predicted octanol–water partition coefficient (Wildman–Crippen LogP) is 1.23. The summed E-state index contributed by atoms with van der Waals surface area (Å²) in [7, 11) is 0. The summed E-state index contributed by atoms with van der Waals surface area (Å²) >= 11 is 0. The van der Waals surface area contributed by atoms with Gasteiger partial charge >= 0.3 is 0 Å². The molecule has 15 heavy (non-hydrogen) atoms. The lowest BCUT2D eigenvalue weighted by atomic mass is 10.2. The van der Waals surface area contributed by atoms with Crippen LogP contribution in [0.4, 0.5) is 0 Å². The smallest absolute Gasteiger partial charge is 0.220 e. The van der Waals surface area contributed by atoms with E-state index in [1.807, 2.05) is 20.0 Å². The molecular weight excluding hydrogens is 190 g/mol. The quantitative estimate of drug-likeness (QED) is 0.622. The molecule has 0 bridgehead atoms. The van der Waals surface area contributed by atoms with E-state index in [0.717, 1.165) is 18.4 Å². The Morgan fingerprint density at radius 1 is 1.47 bits per heavy atom. The number of hydrogen-bond acceptors (Lipinski definition) is 3. The minimum atomic E-state index is 0.0762. The number of nitrogens with one attached hydrogen (secondary N) is 1. The molecule has 0 aromatic carbocycles. The van der Waals surface area contributed by atoms with Crippen molar-refractivity contribution in [3.8, 4) is 0 Å². The highest BCUT2D eigenvalue weighted by Gasteiger charge is 1.98. The minimum Gasteiger partial charge on any atom is -0.356 e. The van der Waals surface area contributed by atoms with Crippen molar-refractivity contribution in [2.45, 2.75) is 33.1 Å². The van der Waals surface area contributed by atoms with Gasteiger partial charge in [-0.05, 0) is 33.2 Å². The fourth-order valence-electron chi connectivity index (χ4n) is 1.02. The average Bonchev–Trinajstić information content (AvgIpc) is 2.23. The van der Waals surface area contributed by atoms with Crippen LogP contribution in [0.5, 0.6) is 0 Å². The van der Waals surface area contributed by atoms with Crippen molar-refractivity contribution in [2.75, 3.05) is 13.1 Å². The van der Waals surface area contributed by atoms with Gasteiger partial charge in [0.2, 0.25) is 5.91 Å². The van der Waals surface area contributed by atoms with Gasteiger partial charge in [0.05, 0.1) is 0 Å². The Balaban J connectivity index is 3.56. The second-order valence-corrected chi connectivity index (χ2v) is 3.37. The van der Waals surface area contributed by atoms with Crippen LogP contribution in [0.2, 0.25) is 0 Å². The molecule has 0 heterocycles. The van der Waals surface area contributed by atoms with Crippen molar-refractivity contribution >= 4 is 12.1 Å². The standard InChI is InChI=1S/C11H21N3O/c1-3-13-9-10(2)6-8-14-11(15)5-4-7-12/h3,9H,4-8,12H2,1-2H3,(H,14,15)/b10-9+,13-3?. The Kier molecular flexibility index (Phi) is 8.67. The largest absolute Gasteiger partial charge is 0.356 e. The van der Waals surface area contributed by atoms with E-state index in [1.165, 1.54) is 0 Å². The van der Waals surface area contributed by atoms with E-state index in [2.05, 4.69) is 10.3 Å². The topological polar surface area (TPSA) is 67.5 Å². The van der Waals surface area contributed by atoms with E-state index >= 15 is 0 Å². The van der Waals surface area contributed by atoms with Gasteiger partial charge in [-0.15, -0.1) is 0 Å². The van der Waals surface area contributed by atoms with Crippen molar-refractivity contribution < 1.29 is 4.79 Å². The molecule has 0 aliphatic rings. The van der Waals surface area contributed by atoms with Crippen LogP contribution in [0.25, 0.3) is 0 Å². The van der Waals surface area contributed by atoms with Gasteiger partial charge in [0.1, 0.15) is 0 Å². The van der Waals surface area contributed by atoms with Crippen LogP contribution in [0.3, 0.4) is 0 Å². The molecule has 0 aliphatic carbocycles. The fraction of sp³-hybridized carbons (Fsp3) is 0.636. The monoisotopic (exact) mass is 211 g/mol. The maximum atomic E-state index is 11.2. The van der Waals surface area contributed by atoms with Gasteiger partial charge in [0.25, 0.3) is 0 Å². The molecule has 0 aromatic rings. The Labute approximate surface area is 91.6 Å². The highest BCUT2D eigenvalue weighted by Crippen LogP contribution is 1.98. The third-order valence-electron chi connectivity index (χ3n) is 1.89. The molecule has 0 rings (SSSR count). The summed E-state index contributed by atoms with van der Waals surface area (Å²) in [6.07, 6.45) is 5.66. The summed E-state index contributed by atoms with van der Waals surface area (Å²) in [6.45, 7) is 5.11. The Hall–Kier alpha value is -1.16. The van der Waals surface area contributed by atoms with Crippen molar-refractivity contribution in [3.63, 3.8) is 0 Å². The van der Waals surface area contributed by atoms with E-state index in [1.54, 1.807) is 6.21 Å². The molecule has 4 nitrogen and oxygen atoms in total. The van der Waals surface area contributed by atoms with E-state index in [4.69, 9.17) is 5.73 Å². The maximum absolute atomic E-state index is 11.2. The number of hydrogen-bond donors (Lipinski definition) is 2. The van der Waals surface area contributed by atoms with Gasteiger partial charge in [0.15, 0.2) is 0 Å². The summed E-state index contributed by atoms with van der Waals surface area (Å²) in [5.41, 5.74) is 6.46. The van der Waals surface area contributed by atoms with Crippen LogP contribution in [-0.2, 0) is 4.79 Å². The first-order chi connectivity index (χ1) is 7.20. The molecule has 0 unspecified atom stereocenters. The van der Waals surface area contributed by atoms with Crippen LogP contribution in [0.1, 0.15) is 33.1 Å². The highest BCUT2D eigenvalue weighted by atomic mass is 16.1. The minimum absolute atomic E-state index is 0.0762. The lowest BCUT2D eigenvalue weighted by molar-refractivity contribution is -0.121. The van der Waals surface area contributed by atoms with Crippen LogP contribution < -0.4 is 11.1 Å². The van der Waals surface area contributed by atoms with Crippen molar-refractivity contribution in [3.05, 3.63) is 11.8 Å². The molecule has 86 valence electrons. The summed E-state index contributed by atoms with van der Waals surface area (Å²) in [5.74, 6) is 0.0762. The number of nitrogens with two attached hydrogens (primary N) is 1. The summed E-state index contributed by atoms with van der Waals surface area (Å²) in [6, 6.07) is 0. The predicted molar refractivity (Wildman–Crippen MR) is 63.8 cm³/mol. The van der Waals surface area contributed by atoms with Gasteiger partial charge in [-0.25, -0.2) is 0 Å². The summed E-state index contributed by atoms with van der Waals surface area (Å²) in [5, 5.41) is 2.84. The van der Waals surface area contributed by atoms with Gasteiger partial charge in [0, 0.05) is 25.4 Å². The molecule has 0 radical (unpaired) electrons. The first kappa shape index (κ1) is 13.8. The summed E-state index contributed by atoms with van der Waals surface area (Å²) < 4.78 is 0. The first-order valence-corrected chi connectivity index (χ1v) is 5.31. The van der Waals surface area contributed by atoms with E-state index in [0.29, 0.717) is 19.5 Å². The Morgan fingerprint density at radius 2 is 2.20 bits per heavy atom. The number of carbonyl (C=O) groups excluding carboxylic acids is 1. The number of rotatable bonds is 7. The molecule has 4 heteroatoms. The molecule has 3 N–H and O–H groups in total. The fourth-order valence-corrected chi connectivity index (χ4v) is 1.02. The average molecular weight is 211 g/mol. The van der Waals surface area contributed by atoms with Gasteiger partial charge in [-0.1, -0.05) is 5.57 Å². The first-order valence-electron chi connectivity index (χ1n) is 5.31. The third-order valence-corrected chi connectivity index (χ3v) is 1.89. The molecule has 0 aliphatic heterocycles. The zero-order valence-corrected chi connectivity index (χ0v) is 9.62. The van der Waals surface area contributed by atoms with Gasteiger partial charge < -0.3 is 11.1 Å². The van der Waals surface area contributed by atoms with Crippen LogP contribution >= 0.6 is 0 Å². The number of amides is 1. The summed E-state index contributed by atoms with van der Waals surface area (Å²) in [4.78, 5) is 15.2. The molecular formula is C11H21N3O. The second-order valence-electron chi connectivity index (χ2n) is 3.37. The van der Waals surface area contributed by atoms with Crippen molar-refractivity contribution in [1.82, 2.24) is 5.32 Å². The van der Waals surface area contributed by atoms with Gasteiger partial charge in [-0.2, -0.15) is 0 Å². The molecule has 0 saturated carbocycles. The molecule has 0 spiro atoms. The zero-order valence-electron chi connectivity index (χ0n) is 9.62. The normalized spacial score (nSPS) is 12.1. The lowest BCUT2D eigenvalue weighted by Gasteiger charge is -2.04.